The van der Waals surface area contributed by atoms with E-state index in [9.17, 15) is 0 Å². The van der Waals surface area contributed by atoms with E-state index in [1.54, 1.807) is 29.2 Å². The third-order valence-electron chi connectivity index (χ3n) is 3.17. The van der Waals surface area contributed by atoms with Crippen molar-refractivity contribution < 1.29 is 0 Å². The second-order valence-corrected chi connectivity index (χ2v) is 5.55. The lowest BCUT2D eigenvalue weighted by Gasteiger charge is -2.06. The largest absolute Gasteiger partial charge is 0.384 e. The van der Waals surface area contributed by atoms with E-state index in [0.717, 1.165) is 5.82 Å². The number of hydrogen-bond acceptors (Lipinski definition) is 8. The van der Waals surface area contributed by atoms with Crippen LogP contribution < -0.4 is 11.1 Å². The highest BCUT2D eigenvalue weighted by molar-refractivity contribution is 7.07. The number of imidazole rings is 1. The predicted molar refractivity (Wildman–Crippen MR) is 88.6 cm³/mol. The molecule has 0 bridgehead atoms. The van der Waals surface area contributed by atoms with E-state index in [-0.39, 0.29) is 0 Å². The number of aromatic nitrogens is 6. The van der Waals surface area contributed by atoms with Gasteiger partial charge in [0.2, 0.25) is 0 Å². The van der Waals surface area contributed by atoms with Crippen LogP contribution in [0.5, 0.6) is 0 Å². The van der Waals surface area contributed by atoms with Gasteiger partial charge in [-0.15, -0.1) is 11.3 Å². The summed E-state index contributed by atoms with van der Waals surface area (Å²) in [5.74, 6) is 2.33. The second-order valence-electron chi connectivity index (χ2n) is 4.83. The van der Waals surface area contributed by atoms with Gasteiger partial charge < -0.3 is 11.1 Å². The number of aryl methyl sites for hydroxylation is 1. The van der Waals surface area contributed by atoms with E-state index < -0.39 is 0 Å². The Hall–Kier alpha value is -3.07. The van der Waals surface area contributed by atoms with Crippen molar-refractivity contribution in [2.75, 3.05) is 11.1 Å². The van der Waals surface area contributed by atoms with Gasteiger partial charge in [-0.05, 0) is 19.1 Å². The minimum absolute atomic E-state index is 0.401. The average molecular weight is 324 g/mol. The molecule has 0 saturated carbocycles. The number of nitrogens with one attached hydrogen (secondary N) is 1. The van der Waals surface area contributed by atoms with Crippen LogP contribution in [0, 0.1) is 6.92 Å². The highest BCUT2D eigenvalue weighted by Crippen LogP contribution is 2.30. The molecule has 0 aliphatic heterocycles. The Balaban J connectivity index is 1.95. The van der Waals surface area contributed by atoms with Gasteiger partial charge in [-0.3, -0.25) is 0 Å². The molecular formula is C14H12N8S. The van der Waals surface area contributed by atoms with Crippen LogP contribution in [0.3, 0.4) is 0 Å². The van der Waals surface area contributed by atoms with Gasteiger partial charge >= 0.3 is 0 Å². The lowest BCUT2D eigenvalue weighted by atomic mass is 10.3. The summed E-state index contributed by atoms with van der Waals surface area (Å²) in [5.41, 5.74) is 9.69. The lowest BCUT2D eigenvalue weighted by molar-refractivity contribution is 0.932. The molecule has 0 fully saturated rings. The maximum atomic E-state index is 5.86. The maximum absolute atomic E-state index is 5.86. The van der Waals surface area contributed by atoms with Crippen LogP contribution in [0.2, 0.25) is 0 Å². The maximum Gasteiger partial charge on any atom is 0.162 e. The molecule has 4 aromatic rings. The van der Waals surface area contributed by atoms with E-state index >= 15 is 0 Å². The summed E-state index contributed by atoms with van der Waals surface area (Å²) in [4.78, 5) is 17.4. The van der Waals surface area contributed by atoms with Crippen LogP contribution in [-0.4, -0.2) is 29.5 Å². The average Bonchev–Trinajstić information content (AvgIpc) is 3.13. The Morgan fingerprint density at radius 2 is 2.17 bits per heavy atom. The standard InChI is InChI=1S/C14H12N8S/c1-8-18-9(5-10(15)19-8)13-14(20-11-6-23-7-16-11)21-12-3-2-4-17-22(12)13/h2-7,20H,1H3,(H2,15,18,19). The van der Waals surface area contributed by atoms with Gasteiger partial charge in [0.25, 0.3) is 0 Å². The zero-order chi connectivity index (χ0) is 15.8. The second kappa shape index (κ2) is 5.29. The SMILES string of the molecule is Cc1nc(N)cc(-c2c(Nc3cscn3)nc3cccnn23)n1. The molecule has 0 radical (unpaired) electrons. The molecule has 0 unspecified atom stereocenters. The topological polar surface area (TPSA) is 107 Å². The van der Waals surface area contributed by atoms with Crippen molar-refractivity contribution in [2.24, 2.45) is 0 Å². The molecule has 114 valence electrons. The van der Waals surface area contributed by atoms with Gasteiger partial charge in [-0.25, -0.2) is 24.5 Å². The smallest absolute Gasteiger partial charge is 0.162 e. The zero-order valence-corrected chi connectivity index (χ0v) is 12.9. The van der Waals surface area contributed by atoms with Crippen molar-refractivity contribution in [3.8, 4) is 11.4 Å². The van der Waals surface area contributed by atoms with Gasteiger partial charge in [-0.2, -0.15) is 5.10 Å². The lowest BCUT2D eigenvalue weighted by Crippen LogP contribution is -2.02. The van der Waals surface area contributed by atoms with E-state index in [4.69, 9.17) is 5.73 Å². The normalized spacial score (nSPS) is 11.0. The molecule has 4 rings (SSSR count). The molecule has 9 heteroatoms. The van der Waals surface area contributed by atoms with E-state index in [0.29, 0.717) is 34.5 Å². The molecule has 0 aliphatic rings. The summed E-state index contributed by atoms with van der Waals surface area (Å²) in [5, 5.41) is 9.47. The summed E-state index contributed by atoms with van der Waals surface area (Å²) < 4.78 is 1.72. The van der Waals surface area contributed by atoms with Crippen molar-refractivity contribution in [3.05, 3.63) is 41.1 Å². The number of fused-ring (bicyclic) bond motifs is 1. The van der Waals surface area contributed by atoms with Crippen LogP contribution >= 0.6 is 11.3 Å². The van der Waals surface area contributed by atoms with Gasteiger partial charge in [0.15, 0.2) is 11.5 Å². The zero-order valence-electron chi connectivity index (χ0n) is 12.1. The number of hydrogen-bond donors (Lipinski definition) is 2. The molecular weight excluding hydrogens is 312 g/mol. The number of thiazole rings is 1. The fourth-order valence-corrected chi connectivity index (χ4v) is 2.80. The Labute approximate surface area is 135 Å². The molecule has 4 aromatic heterocycles. The molecule has 23 heavy (non-hydrogen) atoms. The van der Waals surface area contributed by atoms with Crippen LogP contribution in [0.15, 0.2) is 35.3 Å². The molecule has 0 atom stereocenters. The fraction of sp³-hybridized carbons (Fsp3) is 0.0714. The third kappa shape index (κ3) is 2.46. The van der Waals surface area contributed by atoms with Crippen molar-refractivity contribution in [1.29, 1.82) is 0 Å². The molecule has 0 amide bonds. The van der Waals surface area contributed by atoms with Crippen molar-refractivity contribution in [1.82, 2.24) is 29.5 Å². The fourth-order valence-electron chi connectivity index (χ4n) is 2.31. The molecule has 0 saturated heterocycles. The Morgan fingerprint density at radius 3 is 2.96 bits per heavy atom. The van der Waals surface area contributed by atoms with Gasteiger partial charge in [0.1, 0.15) is 23.2 Å². The summed E-state index contributed by atoms with van der Waals surface area (Å²) in [6.45, 7) is 1.80. The Bertz CT molecular complexity index is 956. The molecule has 4 heterocycles. The monoisotopic (exact) mass is 324 g/mol. The quantitative estimate of drug-likeness (QED) is 0.595. The summed E-state index contributed by atoms with van der Waals surface area (Å²) in [6.07, 6.45) is 1.70. The third-order valence-corrected chi connectivity index (χ3v) is 3.76. The van der Waals surface area contributed by atoms with E-state index in [1.165, 1.54) is 11.3 Å². The minimum atomic E-state index is 0.401. The van der Waals surface area contributed by atoms with Crippen molar-refractivity contribution >= 4 is 34.4 Å². The number of rotatable bonds is 3. The van der Waals surface area contributed by atoms with Crippen molar-refractivity contribution in [2.45, 2.75) is 6.92 Å². The van der Waals surface area contributed by atoms with Crippen LogP contribution in [-0.2, 0) is 0 Å². The number of nitrogen functional groups attached to an aromatic ring is 1. The predicted octanol–water partition coefficient (Wildman–Crippen LogP) is 2.28. The van der Waals surface area contributed by atoms with Gasteiger partial charge in [-0.1, -0.05) is 0 Å². The first-order valence-corrected chi connectivity index (χ1v) is 7.75. The van der Waals surface area contributed by atoms with E-state index in [2.05, 4.69) is 30.4 Å². The molecule has 0 aliphatic carbocycles. The molecule has 0 aromatic carbocycles. The van der Waals surface area contributed by atoms with Gasteiger partial charge in [0.05, 0.1) is 11.2 Å². The number of anilines is 3. The van der Waals surface area contributed by atoms with Crippen LogP contribution in [0.25, 0.3) is 17.0 Å². The summed E-state index contributed by atoms with van der Waals surface area (Å²) in [7, 11) is 0. The van der Waals surface area contributed by atoms with Gasteiger partial charge in [0, 0.05) is 17.6 Å². The minimum Gasteiger partial charge on any atom is -0.384 e. The molecule has 8 nitrogen and oxygen atoms in total. The highest BCUT2D eigenvalue weighted by Gasteiger charge is 2.18. The molecule has 3 N–H and O–H groups in total. The van der Waals surface area contributed by atoms with Crippen LogP contribution in [0.1, 0.15) is 5.82 Å². The molecule has 0 spiro atoms. The van der Waals surface area contributed by atoms with Crippen LogP contribution in [0.4, 0.5) is 17.5 Å². The first-order valence-electron chi connectivity index (χ1n) is 6.81. The first-order chi connectivity index (χ1) is 11.2. The summed E-state index contributed by atoms with van der Waals surface area (Å²) >= 11 is 1.50. The van der Waals surface area contributed by atoms with E-state index in [1.807, 2.05) is 17.5 Å². The number of nitrogens with zero attached hydrogens (tertiary/aromatic N) is 6. The summed E-state index contributed by atoms with van der Waals surface area (Å²) in [6, 6.07) is 5.41. The first kappa shape index (κ1) is 13.6. The highest BCUT2D eigenvalue weighted by atomic mass is 32.1. The Morgan fingerprint density at radius 1 is 1.26 bits per heavy atom. The van der Waals surface area contributed by atoms with Crippen molar-refractivity contribution in [3.63, 3.8) is 0 Å². The number of nitrogens with two attached hydrogens (primary N) is 1. The Kier molecular flexibility index (Phi) is 3.12.